The lowest BCUT2D eigenvalue weighted by atomic mass is 10.0. The molecule has 0 aromatic heterocycles. The number of hydroxylamine groups is 2. The molecule has 0 aliphatic carbocycles. The molecule has 2 N–H and O–H groups in total. The molecule has 0 fully saturated rings. The van der Waals surface area contributed by atoms with Gasteiger partial charge in [-0.05, 0) is 12.8 Å². The van der Waals surface area contributed by atoms with E-state index in [4.69, 9.17) is 5.11 Å². The fourth-order valence-corrected chi connectivity index (χ4v) is 2.77. The Morgan fingerprint density at radius 1 is 0.619 bits per heavy atom. The molecule has 0 saturated heterocycles. The summed E-state index contributed by atoms with van der Waals surface area (Å²) in [6, 6.07) is 0. The largest absolute Gasteiger partial charge is 0.634 e. The second-order valence-corrected chi connectivity index (χ2v) is 6.36. The summed E-state index contributed by atoms with van der Waals surface area (Å²) >= 11 is 0. The molecule has 0 aliphatic rings. The van der Waals surface area contributed by atoms with Crippen LogP contribution in [0.1, 0.15) is 96.8 Å². The van der Waals surface area contributed by atoms with Crippen molar-refractivity contribution in [2.24, 2.45) is 0 Å². The van der Waals surface area contributed by atoms with Crippen LogP contribution < -0.4 is 5.06 Å². The van der Waals surface area contributed by atoms with E-state index < -0.39 is 0 Å². The minimum Gasteiger partial charge on any atom is -0.634 e. The zero-order chi connectivity index (χ0) is 15.6. The summed E-state index contributed by atoms with van der Waals surface area (Å²) in [5, 5.41) is 20.1. The molecular formula is C18H39NO2. The molecule has 0 heterocycles. The highest BCUT2D eigenvalue weighted by Gasteiger charge is 1.97. The Balaban J connectivity index is 2.99. The smallest absolute Gasteiger partial charge is 0.100 e. The first-order valence-electron chi connectivity index (χ1n) is 9.43. The van der Waals surface area contributed by atoms with E-state index >= 15 is 0 Å². The van der Waals surface area contributed by atoms with Crippen LogP contribution in [0.4, 0.5) is 0 Å². The highest BCUT2D eigenvalue weighted by molar-refractivity contribution is 4.49. The molecule has 0 saturated carbocycles. The molecule has 0 radical (unpaired) electrons. The Morgan fingerprint density at radius 3 is 1.38 bits per heavy atom. The minimum atomic E-state index is 0.0113. The third kappa shape index (κ3) is 17.8. The lowest BCUT2D eigenvalue weighted by molar-refractivity contribution is -0.848. The monoisotopic (exact) mass is 301 g/mol. The number of unbranched alkanes of at least 4 members (excludes halogenated alkanes) is 13. The van der Waals surface area contributed by atoms with E-state index in [1.807, 2.05) is 0 Å². The average Bonchev–Trinajstić information content (AvgIpc) is 2.48. The van der Waals surface area contributed by atoms with Gasteiger partial charge < -0.3 is 15.4 Å². The minimum absolute atomic E-state index is 0.0113. The van der Waals surface area contributed by atoms with Crippen molar-refractivity contribution in [1.82, 2.24) is 0 Å². The maximum Gasteiger partial charge on any atom is 0.100 e. The summed E-state index contributed by atoms with van der Waals surface area (Å²) in [6.45, 7) is 3.29. The molecule has 0 bridgehead atoms. The molecule has 0 rings (SSSR count). The number of nitrogens with one attached hydrogen (secondary N) is 1. The number of aliphatic hydroxyl groups is 1. The fourth-order valence-electron chi connectivity index (χ4n) is 2.77. The molecule has 0 amide bonds. The molecule has 0 aromatic carbocycles. The first-order valence-corrected chi connectivity index (χ1v) is 9.43. The summed E-state index contributed by atoms with van der Waals surface area (Å²) in [4.78, 5) is 0. The standard InChI is InChI=1S/C18H39NO2/c1-2-3-4-5-6-7-8-9-10-11-12-13-14-15-16-19(21)17-18-20/h19-20H,2-18H2,1H3. The van der Waals surface area contributed by atoms with Crippen LogP contribution in [0.25, 0.3) is 0 Å². The lowest BCUT2D eigenvalue weighted by Crippen LogP contribution is -3.07. The summed E-state index contributed by atoms with van der Waals surface area (Å²) in [6.07, 6.45) is 18.8. The van der Waals surface area contributed by atoms with Gasteiger partial charge in [-0.15, -0.1) is 0 Å². The molecule has 1 unspecified atom stereocenters. The van der Waals surface area contributed by atoms with Crippen molar-refractivity contribution in [2.45, 2.75) is 96.8 Å². The summed E-state index contributed by atoms with van der Waals surface area (Å²) in [7, 11) is 0. The Morgan fingerprint density at radius 2 is 1.00 bits per heavy atom. The predicted molar refractivity (Wildman–Crippen MR) is 91.5 cm³/mol. The molecule has 0 spiro atoms. The molecule has 0 aliphatic heterocycles. The maximum absolute atomic E-state index is 11.2. The van der Waals surface area contributed by atoms with Gasteiger partial charge in [0.25, 0.3) is 0 Å². The van der Waals surface area contributed by atoms with E-state index in [1.165, 1.54) is 83.5 Å². The molecular weight excluding hydrogens is 262 g/mol. The average molecular weight is 302 g/mol. The van der Waals surface area contributed by atoms with Crippen LogP contribution in [0.15, 0.2) is 0 Å². The van der Waals surface area contributed by atoms with Crippen LogP contribution in [0.3, 0.4) is 0 Å². The van der Waals surface area contributed by atoms with Gasteiger partial charge in [0.2, 0.25) is 0 Å². The Labute approximate surface area is 132 Å². The van der Waals surface area contributed by atoms with Gasteiger partial charge in [-0.3, -0.25) is 0 Å². The van der Waals surface area contributed by atoms with Crippen molar-refractivity contribution < 1.29 is 10.2 Å². The van der Waals surface area contributed by atoms with Crippen molar-refractivity contribution in [1.29, 1.82) is 0 Å². The Hall–Kier alpha value is -0.120. The SMILES string of the molecule is CCCCCCCCCCCCCCCC[NH+]([O-])CCO. The Bertz CT molecular complexity index is 188. The third-order valence-corrected chi connectivity index (χ3v) is 4.20. The van der Waals surface area contributed by atoms with E-state index in [-0.39, 0.29) is 11.7 Å². The van der Waals surface area contributed by atoms with Gasteiger partial charge in [0.15, 0.2) is 0 Å². The first kappa shape index (κ1) is 20.9. The van der Waals surface area contributed by atoms with Crippen molar-refractivity contribution in [3.05, 3.63) is 5.21 Å². The zero-order valence-corrected chi connectivity index (χ0v) is 14.4. The van der Waals surface area contributed by atoms with Crippen molar-refractivity contribution in [2.75, 3.05) is 19.7 Å². The van der Waals surface area contributed by atoms with Crippen LogP contribution in [0.2, 0.25) is 0 Å². The molecule has 21 heavy (non-hydrogen) atoms. The normalized spacial score (nSPS) is 12.7. The highest BCUT2D eigenvalue weighted by atomic mass is 16.5. The van der Waals surface area contributed by atoms with Gasteiger partial charge in [0, 0.05) is 0 Å². The Kier molecular flexibility index (Phi) is 17.8. The summed E-state index contributed by atoms with van der Waals surface area (Å²) < 4.78 is 0. The molecule has 0 aromatic rings. The fraction of sp³-hybridized carbons (Fsp3) is 1.00. The predicted octanol–water partition coefficient (Wildman–Crippen LogP) is 3.84. The third-order valence-electron chi connectivity index (χ3n) is 4.20. The van der Waals surface area contributed by atoms with Crippen LogP contribution >= 0.6 is 0 Å². The van der Waals surface area contributed by atoms with E-state index in [9.17, 15) is 5.21 Å². The lowest BCUT2D eigenvalue weighted by Gasteiger charge is -2.20. The van der Waals surface area contributed by atoms with Crippen LogP contribution in [-0.2, 0) is 0 Å². The number of rotatable bonds is 17. The second-order valence-electron chi connectivity index (χ2n) is 6.36. The van der Waals surface area contributed by atoms with Gasteiger partial charge >= 0.3 is 0 Å². The van der Waals surface area contributed by atoms with Gasteiger partial charge in [-0.2, -0.15) is 0 Å². The van der Waals surface area contributed by atoms with Crippen LogP contribution in [-0.4, -0.2) is 24.8 Å². The van der Waals surface area contributed by atoms with E-state index in [1.54, 1.807) is 0 Å². The van der Waals surface area contributed by atoms with Crippen LogP contribution in [0, 0.1) is 5.21 Å². The van der Waals surface area contributed by atoms with Crippen molar-refractivity contribution in [3.8, 4) is 0 Å². The summed E-state index contributed by atoms with van der Waals surface area (Å²) in [5.41, 5.74) is 0. The molecule has 128 valence electrons. The van der Waals surface area contributed by atoms with Gasteiger partial charge in [-0.25, -0.2) is 0 Å². The van der Waals surface area contributed by atoms with E-state index in [2.05, 4.69) is 6.92 Å². The van der Waals surface area contributed by atoms with Crippen molar-refractivity contribution >= 4 is 0 Å². The van der Waals surface area contributed by atoms with Crippen LogP contribution in [0.5, 0.6) is 0 Å². The van der Waals surface area contributed by atoms with Gasteiger partial charge in [0.1, 0.15) is 6.54 Å². The van der Waals surface area contributed by atoms with Gasteiger partial charge in [-0.1, -0.05) is 84.0 Å². The molecule has 3 heteroatoms. The summed E-state index contributed by atoms with van der Waals surface area (Å²) in [5.74, 6) is 0. The highest BCUT2D eigenvalue weighted by Crippen LogP contribution is 2.12. The number of quaternary nitrogens is 1. The number of hydrogen-bond acceptors (Lipinski definition) is 2. The zero-order valence-electron chi connectivity index (χ0n) is 14.4. The maximum atomic E-state index is 11.2. The first-order chi connectivity index (χ1) is 10.3. The van der Waals surface area contributed by atoms with E-state index in [0.717, 1.165) is 6.42 Å². The quantitative estimate of drug-likeness (QED) is 0.317. The van der Waals surface area contributed by atoms with Crippen molar-refractivity contribution in [3.63, 3.8) is 0 Å². The number of hydrogen-bond donors (Lipinski definition) is 2. The number of aliphatic hydroxyl groups excluding tert-OH is 1. The van der Waals surface area contributed by atoms with E-state index in [0.29, 0.717) is 13.1 Å². The molecule has 3 nitrogen and oxygen atoms in total. The van der Waals surface area contributed by atoms with Gasteiger partial charge in [0.05, 0.1) is 13.2 Å². The topological polar surface area (TPSA) is 47.7 Å². The second kappa shape index (κ2) is 17.9. The molecule has 1 atom stereocenters.